The summed E-state index contributed by atoms with van der Waals surface area (Å²) in [6.45, 7) is 23.3. The quantitative estimate of drug-likeness (QED) is 0.267. The van der Waals surface area contributed by atoms with Crippen LogP contribution in [-0.4, -0.2) is 31.2 Å². The molecule has 1 fully saturated rings. The summed E-state index contributed by atoms with van der Waals surface area (Å²) in [7, 11) is 0. The van der Waals surface area contributed by atoms with Crippen molar-refractivity contribution >= 4 is 0 Å². The molecule has 4 nitrogen and oxygen atoms in total. The number of hydrogen-bond acceptors (Lipinski definition) is 4. The Bertz CT molecular complexity index is 987. The minimum Gasteiger partial charge on any atom is -0.488 e. The Hall–Kier alpha value is -2.04. The average molecular weight is 539 g/mol. The van der Waals surface area contributed by atoms with E-state index < -0.39 is 0 Å². The van der Waals surface area contributed by atoms with Gasteiger partial charge in [0.25, 0.3) is 0 Å². The van der Waals surface area contributed by atoms with Gasteiger partial charge in [-0.3, -0.25) is 0 Å². The van der Waals surface area contributed by atoms with Crippen molar-refractivity contribution in [2.75, 3.05) is 13.2 Å². The van der Waals surface area contributed by atoms with Crippen LogP contribution in [0.15, 0.2) is 48.5 Å². The SMILES string of the molecule is CC(OCC1CCC(COC(C)C(C)(C)C)CC1)Oc1ccc(C(C)(C)c2ccc(OC(C)(C)C)cc2)cc1. The Morgan fingerprint density at radius 2 is 1.08 bits per heavy atom. The molecule has 2 aromatic carbocycles. The van der Waals surface area contributed by atoms with Crippen LogP contribution in [0.3, 0.4) is 0 Å². The van der Waals surface area contributed by atoms with Gasteiger partial charge in [-0.15, -0.1) is 0 Å². The summed E-state index contributed by atoms with van der Waals surface area (Å²) in [4.78, 5) is 0. The molecule has 1 saturated carbocycles. The van der Waals surface area contributed by atoms with E-state index in [-0.39, 0.29) is 28.8 Å². The lowest BCUT2D eigenvalue weighted by Gasteiger charge is -2.32. The van der Waals surface area contributed by atoms with Crippen LogP contribution in [0.1, 0.15) is 106 Å². The first-order valence-corrected chi connectivity index (χ1v) is 14.9. The maximum atomic E-state index is 6.16. The number of hydrogen-bond donors (Lipinski definition) is 0. The molecule has 0 N–H and O–H groups in total. The van der Waals surface area contributed by atoms with Crippen molar-refractivity contribution in [3.63, 3.8) is 0 Å². The molecule has 0 aromatic heterocycles. The molecule has 1 aliphatic carbocycles. The van der Waals surface area contributed by atoms with Crippen LogP contribution in [0.2, 0.25) is 0 Å². The molecule has 3 rings (SSSR count). The van der Waals surface area contributed by atoms with Gasteiger partial charge < -0.3 is 18.9 Å². The van der Waals surface area contributed by atoms with E-state index in [1.54, 1.807) is 0 Å². The fourth-order valence-electron chi connectivity index (χ4n) is 5.00. The van der Waals surface area contributed by atoms with Crippen LogP contribution in [0.25, 0.3) is 0 Å². The Morgan fingerprint density at radius 3 is 1.51 bits per heavy atom. The van der Waals surface area contributed by atoms with Crippen LogP contribution in [0.4, 0.5) is 0 Å². The summed E-state index contributed by atoms with van der Waals surface area (Å²) in [5.74, 6) is 3.02. The van der Waals surface area contributed by atoms with Gasteiger partial charge in [0.1, 0.15) is 17.1 Å². The van der Waals surface area contributed by atoms with Crippen LogP contribution in [0.5, 0.6) is 11.5 Å². The van der Waals surface area contributed by atoms with Crippen LogP contribution < -0.4 is 9.47 Å². The third-order valence-electron chi connectivity index (χ3n) is 8.21. The van der Waals surface area contributed by atoms with Crippen LogP contribution in [0, 0.1) is 17.3 Å². The molecule has 2 unspecified atom stereocenters. The molecule has 39 heavy (non-hydrogen) atoms. The van der Waals surface area contributed by atoms with Gasteiger partial charge in [-0.25, -0.2) is 0 Å². The molecule has 0 amide bonds. The first-order valence-electron chi connectivity index (χ1n) is 14.9. The van der Waals surface area contributed by atoms with E-state index in [9.17, 15) is 0 Å². The van der Waals surface area contributed by atoms with Crippen LogP contribution >= 0.6 is 0 Å². The number of rotatable bonds is 11. The predicted molar refractivity (Wildman–Crippen MR) is 162 cm³/mol. The highest BCUT2D eigenvalue weighted by molar-refractivity contribution is 5.42. The zero-order valence-electron chi connectivity index (χ0n) is 26.3. The predicted octanol–water partition coefficient (Wildman–Crippen LogP) is 9.19. The van der Waals surface area contributed by atoms with E-state index in [1.807, 2.05) is 6.92 Å². The molecule has 1 aliphatic rings. The topological polar surface area (TPSA) is 36.9 Å². The highest BCUT2D eigenvalue weighted by Gasteiger charge is 2.26. The molecule has 0 spiro atoms. The Kier molecular flexibility index (Phi) is 10.6. The molecule has 0 aliphatic heterocycles. The second kappa shape index (κ2) is 13.1. The minimum absolute atomic E-state index is 0.129. The molecule has 0 radical (unpaired) electrons. The van der Waals surface area contributed by atoms with Crippen molar-refractivity contribution in [2.45, 2.75) is 118 Å². The van der Waals surface area contributed by atoms with E-state index >= 15 is 0 Å². The summed E-state index contributed by atoms with van der Waals surface area (Å²) in [5.41, 5.74) is 2.36. The van der Waals surface area contributed by atoms with Gasteiger partial charge in [0.15, 0.2) is 6.29 Å². The van der Waals surface area contributed by atoms with Gasteiger partial charge >= 0.3 is 0 Å². The average Bonchev–Trinajstić information content (AvgIpc) is 2.86. The zero-order valence-corrected chi connectivity index (χ0v) is 26.3. The van der Waals surface area contributed by atoms with Gasteiger partial charge in [-0.1, -0.05) is 58.9 Å². The Balaban J connectivity index is 1.43. The van der Waals surface area contributed by atoms with Gasteiger partial charge in [-0.05, 0) is 113 Å². The summed E-state index contributed by atoms with van der Waals surface area (Å²) in [5, 5.41) is 0. The lowest BCUT2D eigenvalue weighted by Crippen LogP contribution is -2.30. The fourth-order valence-corrected chi connectivity index (χ4v) is 5.00. The summed E-state index contributed by atoms with van der Waals surface area (Å²) in [6.07, 6.45) is 4.88. The van der Waals surface area contributed by atoms with Crippen molar-refractivity contribution in [1.29, 1.82) is 0 Å². The third kappa shape index (κ3) is 9.83. The molecule has 0 saturated heterocycles. The van der Waals surface area contributed by atoms with Gasteiger partial charge in [-0.2, -0.15) is 0 Å². The molecule has 218 valence electrons. The van der Waals surface area contributed by atoms with Crippen molar-refractivity contribution in [2.24, 2.45) is 17.3 Å². The number of ether oxygens (including phenoxy) is 4. The largest absolute Gasteiger partial charge is 0.488 e. The first kappa shape index (κ1) is 31.5. The maximum absolute atomic E-state index is 6.16. The van der Waals surface area contributed by atoms with Gasteiger partial charge in [0.2, 0.25) is 0 Å². The van der Waals surface area contributed by atoms with E-state index in [4.69, 9.17) is 18.9 Å². The zero-order chi connectivity index (χ0) is 28.8. The normalized spacial score (nSPS) is 20.4. The van der Waals surface area contributed by atoms with Crippen molar-refractivity contribution in [3.8, 4) is 11.5 Å². The second-order valence-corrected chi connectivity index (χ2v) is 14.1. The maximum Gasteiger partial charge on any atom is 0.196 e. The smallest absolute Gasteiger partial charge is 0.196 e. The van der Waals surface area contributed by atoms with E-state index in [2.05, 4.69) is 111 Å². The van der Waals surface area contributed by atoms with Crippen molar-refractivity contribution in [1.82, 2.24) is 0 Å². The first-order chi connectivity index (χ1) is 18.1. The lowest BCUT2D eigenvalue weighted by molar-refractivity contribution is -0.0857. The highest BCUT2D eigenvalue weighted by Crippen LogP contribution is 2.34. The monoisotopic (exact) mass is 538 g/mol. The van der Waals surface area contributed by atoms with E-state index in [0.717, 1.165) is 24.7 Å². The van der Waals surface area contributed by atoms with Crippen LogP contribution in [-0.2, 0) is 14.9 Å². The summed E-state index contributed by atoms with van der Waals surface area (Å²) < 4.78 is 24.4. The molecule has 2 atom stereocenters. The second-order valence-electron chi connectivity index (χ2n) is 14.1. The minimum atomic E-state index is -0.270. The lowest BCUT2D eigenvalue weighted by atomic mass is 9.78. The molecule has 0 bridgehead atoms. The van der Waals surface area contributed by atoms with Crippen molar-refractivity contribution < 1.29 is 18.9 Å². The molecule has 2 aromatic rings. The molecular formula is C35H54O4. The molecular weight excluding hydrogens is 484 g/mol. The van der Waals surface area contributed by atoms with E-state index in [0.29, 0.717) is 11.8 Å². The Morgan fingerprint density at radius 1 is 0.641 bits per heavy atom. The third-order valence-corrected chi connectivity index (χ3v) is 8.21. The highest BCUT2D eigenvalue weighted by atomic mass is 16.7. The number of benzene rings is 2. The molecule has 0 heterocycles. The van der Waals surface area contributed by atoms with Gasteiger partial charge in [0, 0.05) is 12.0 Å². The van der Waals surface area contributed by atoms with E-state index in [1.165, 1.54) is 36.8 Å². The molecule has 4 heteroatoms. The van der Waals surface area contributed by atoms with Gasteiger partial charge in [0.05, 0.1) is 12.7 Å². The fraction of sp³-hybridized carbons (Fsp3) is 0.657. The summed E-state index contributed by atoms with van der Waals surface area (Å²) >= 11 is 0. The van der Waals surface area contributed by atoms with Crippen molar-refractivity contribution in [3.05, 3.63) is 59.7 Å². The summed E-state index contributed by atoms with van der Waals surface area (Å²) in [6, 6.07) is 16.9. The Labute approximate surface area is 238 Å². The standard InChI is InChI=1S/C35H54O4/c1-25(33(3,4)5)36-23-27-11-13-28(14-12-27)24-37-26(2)38-31-19-15-29(16-20-31)35(9,10)30-17-21-32(22-18-30)39-34(6,7)8/h15-22,25-28H,11-14,23-24H2,1-10H3.